The molecule has 1 aromatic carbocycles. The van der Waals surface area contributed by atoms with E-state index in [2.05, 4.69) is 77.1 Å². The Kier molecular flexibility index (Phi) is 6.53. The molecule has 6 nitrogen and oxygen atoms in total. The molecule has 1 atom stereocenters. The van der Waals surface area contributed by atoms with Gasteiger partial charge in [0.15, 0.2) is 5.82 Å². The predicted octanol–water partition coefficient (Wildman–Crippen LogP) is 4.72. The van der Waals surface area contributed by atoms with E-state index in [9.17, 15) is 0 Å². The Labute approximate surface area is 197 Å². The molecule has 2 saturated heterocycles. The van der Waals surface area contributed by atoms with Crippen LogP contribution in [0.25, 0.3) is 11.4 Å². The number of piperidine rings is 1. The van der Waals surface area contributed by atoms with Gasteiger partial charge in [0.05, 0.1) is 0 Å². The number of pyridine rings is 1. The Bertz CT molecular complexity index is 1040. The average molecular weight is 443 g/mol. The van der Waals surface area contributed by atoms with E-state index in [4.69, 9.17) is 15.0 Å². The maximum absolute atomic E-state index is 4.94. The van der Waals surface area contributed by atoms with E-state index in [1.807, 2.05) is 6.20 Å². The fourth-order valence-electron chi connectivity index (χ4n) is 4.95. The predicted molar refractivity (Wildman–Crippen MR) is 135 cm³/mol. The fraction of sp³-hybridized carbons (Fsp3) is 0.444. The first-order valence-electron chi connectivity index (χ1n) is 12.3. The first-order valence-corrected chi connectivity index (χ1v) is 12.3. The molecule has 0 N–H and O–H groups in total. The van der Waals surface area contributed by atoms with Gasteiger partial charge in [-0.25, -0.2) is 15.0 Å². The topological polar surface area (TPSA) is 48.4 Å². The summed E-state index contributed by atoms with van der Waals surface area (Å²) in [6, 6.07) is 17.6. The smallest absolute Gasteiger partial charge is 0.163 e. The van der Waals surface area contributed by atoms with Crippen molar-refractivity contribution in [3.8, 4) is 11.4 Å². The molecule has 0 aliphatic carbocycles. The third-order valence-corrected chi connectivity index (χ3v) is 6.99. The second kappa shape index (κ2) is 9.87. The van der Waals surface area contributed by atoms with Crippen LogP contribution in [0.3, 0.4) is 0 Å². The second-order valence-corrected chi connectivity index (χ2v) is 9.25. The van der Waals surface area contributed by atoms with Crippen LogP contribution >= 0.6 is 0 Å². The van der Waals surface area contributed by atoms with Crippen molar-refractivity contribution in [1.29, 1.82) is 0 Å². The number of hydrogen-bond donors (Lipinski definition) is 0. The van der Waals surface area contributed by atoms with Crippen molar-refractivity contribution in [3.05, 3.63) is 66.0 Å². The van der Waals surface area contributed by atoms with Gasteiger partial charge in [0, 0.05) is 68.8 Å². The largest absolute Gasteiger partial charge is 0.357 e. The van der Waals surface area contributed by atoms with Crippen molar-refractivity contribution in [2.75, 3.05) is 49.1 Å². The van der Waals surface area contributed by atoms with Crippen LogP contribution in [-0.4, -0.2) is 59.1 Å². The highest BCUT2D eigenvalue weighted by Crippen LogP contribution is 2.26. The molecule has 2 aromatic heterocycles. The number of aromatic nitrogens is 3. The minimum atomic E-state index is 0.431. The van der Waals surface area contributed by atoms with Crippen LogP contribution in [0, 0.1) is 6.92 Å². The normalized spacial score (nSPS) is 18.4. The van der Waals surface area contributed by atoms with Gasteiger partial charge < -0.3 is 9.80 Å². The minimum absolute atomic E-state index is 0.431. The highest BCUT2D eigenvalue weighted by atomic mass is 15.3. The van der Waals surface area contributed by atoms with Gasteiger partial charge in [0.25, 0.3) is 0 Å². The van der Waals surface area contributed by atoms with Crippen LogP contribution in [0.4, 0.5) is 11.6 Å². The van der Waals surface area contributed by atoms with Crippen LogP contribution in [0.1, 0.15) is 43.5 Å². The lowest BCUT2D eigenvalue weighted by molar-refractivity contribution is 0.198. The van der Waals surface area contributed by atoms with Crippen LogP contribution in [0.2, 0.25) is 0 Å². The number of aryl methyl sites for hydroxylation is 1. The van der Waals surface area contributed by atoms with Gasteiger partial charge in [-0.05, 0) is 50.8 Å². The summed E-state index contributed by atoms with van der Waals surface area (Å²) in [5, 5.41) is 0. The lowest BCUT2D eigenvalue weighted by Crippen LogP contribution is -2.47. The van der Waals surface area contributed by atoms with Crippen molar-refractivity contribution >= 4 is 11.6 Å². The maximum Gasteiger partial charge on any atom is 0.163 e. The number of hydrogen-bond acceptors (Lipinski definition) is 6. The monoisotopic (exact) mass is 442 g/mol. The first kappa shape index (κ1) is 21.8. The first-order chi connectivity index (χ1) is 16.2. The Balaban J connectivity index is 1.27. The van der Waals surface area contributed by atoms with E-state index < -0.39 is 0 Å². The number of nitrogens with zero attached hydrogens (tertiary/aromatic N) is 6. The van der Waals surface area contributed by atoms with E-state index in [1.165, 1.54) is 24.8 Å². The molecule has 2 aliphatic rings. The summed E-state index contributed by atoms with van der Waals surface area (Å²) in [5.74, 6) is 2.85. The average Bonchev–Trinajstić information content (AvgIpc) is 2.89. The Morgan fingerprint density at radius 1 is 0.758 bits per heavy atom. The van der Waals surface area contributed by atoms with Crippen molar-refractivity contribution in [2.24, 2.45) is 0 Å². The summed E-state index contributed by atoms with van der Waals surface area (Å²) < 4.78 is 0. The molecule has 5 rings (SSSR count). The molecule has 6 heteroatoms. The molecule has 0 radical (unpaired) electrons. The van der Waals surface area contributed by atoms with Gasteiger partial charge in [-0.2, -0.15) is 0 Å². The third kappa shape index (κ3) is 5.01. The van der Waals surface area contributed by atoms with Crippen LogP contribution < -0.4 is 9.80 Å². The molecule has 2 aliphatic heterocycles. The number of rotatable bonds is 5. The fourth-order valence-corrected chi connectivity index (χ4v) is 4.95. The summed E-state index contributed by atoms with van der Waals surface area (Å²) >= 11 is 0. The summed E-state index contributed by atoms with van der Waals surface area (Å²) in [7, 11) is 0. The Morgan fingerprint density at radius 2 is 1.48 bits per heavy atom. The molecule has 172 valence electrons. The zero-order chi connectivity index (χ0) is 22.6. The number of benzene rings is 1. The van der Waals surface area contributed by atoms with E-state index >= 15 is 0 Å². The molecule has 1 unspecified atom stereocenters. The molecule has 4 heterocycles. The van der Waals surface area contributed by atoms with Gasteiger partial charge in [0.1, 0.15) is 11.6 Å². The van der Waals surface area contributed by atoms with E-state index in [0.29, 0.717) is 6.04 Å². The third-order valence-electron chi connectivity index (χ3n) is 6.99. The number of anilines is 2. The molecule has 0 saturated carbocycles. The van der Waals surface area contributed by atoms with Crippen molar-refractivity contribution in [1.82, 2.24) is 19.9 Å². The lowest BCUT2D eigenvalue weighted by atomic mass is 10.1. The molecule has 0 amide bonds. The molecule has 0 spiro atoms. The lowest BCUT2D eigenvalue weighted by Gasteiger charge is -2.38. The summed E-state index contributed by atoms with van der Waals surface area (Å²) in [6.07, 6.45) is 5.77. The highest BCUT2D eigenvalue weighted by Gasteiger charge is 2.23. The SMILES string of the molecule is Cc1cc(N2CCN(C(C)c3ccccc3)CC2)nc(-c2ccc(N3CCCCC3)nc2)n1. The molecular weight excluding hydrogens is 408 g/mol. The second-order valence-electron chi connectivity index (χ2n) is 9.25. The molecular formula is C27H34N6. The summed E-state index contributed by atoms with van der Waals surface area (Å²) in [4.78, 5) is 21.7. The van der Waals surface area contributed by atoms with Gasteiger partial charge in [-0.15, -0.1) is 0 Å². The molecule has 2 fully saturated rings. The van der Waals surface area contributed by atoms with Crippen LogP contribution in [0.5, 0.6) is 0 Å². The Hall–Kier alpha value is -2.99. The van der Waals surface area contributed by atoms with E-state index in [0.717, 1.165) is 68.0 Å². The van der Waals surface area contributed by atoms with Crippen molar-refractivity contribution < 1.29 is 0 Å². The van der Waals surface area contributed by atoms with Gasteiger partial charge >= 0.3 is 0 Å². The zero-order valence-corrected chi connectivity index (χ0v) is 19.8. The van der Waals surface area contributed by atoms with Gasteiger partial charge in [-0.3, -0.25) is 4.90 Å². The summed E-state index contributed by atoms with van der Waals surface area (Å²) in [6.45, 7) is 10.6. The number of piperazine rings is 1. The molecule has 33 heavy (non-hydrogen) atoms. The quantitative estimate of drug-likeness (QED) is 0.570. The highest BCUT2D eigenvalue weighted by molar-refractivity contribution is 5.59. The van der Waals surface area contributed by atoms with Gasteiger partial charge in [0.2, 0.25) is 0 Å². The molecule has 0 bridgehead atoms. The van der Waals surface area contributed by atoms with Crippen LogP contribution in [-0.2, 0) is 0 Å². The van der Waals surface area contributed by atoms with E-state index in [1.54, 1.807) is 0 Å². The maximum atomic E-state index is 4.94. The van der Waals surface area contributed by atoms with Crippen LogP contribution in [0.15, 0.2) is 54.7 Å². The van der Waals surface area contributed by atoms with Crippen molar-refractivity contribution in [2.45, 2.75) is 39.2 Å². The van der Waals surface area contributed by atoms with Gasteiger partial charge in [-0.1, -0.05) is 30.3 Å². The zero-order valence-electron chi connectivity index (χ0n) is 19.8. The summed E-state index contributed by atoms with van der Waals surface area (Å²) in [5.41, 5.74) is 3.36. The standard InChI is InChI=1S/C27H34N6/c1-21-19-26(33-17-15-31(16-18-33)22(2)23-9-5-3-6-10-23)30-27(29-21)24-11-12-25(28-20-24)32-13-7-4-8-14-32/h3,5-6,9-12,19-20,22H,4,7-8,13-18H2,1-2H3. The van der Waals surface area contributed by atoms with E-state index in [-0.39, 0.29) is 0 Å². The van der Waals surface area contributed by atoms with Crippen molar-refractivity contribution in [3.63, 3.8) is 0 Å². The Morgan fingerprint density at radius 3 is 2.18 bits per heavy atom. The minimum Gasteiger partial charge on any atom is -0.357 e. The molecule has 3 aromatic rings.